The molecule has 0 aliphatic rings. The van der Waals surface area contributed by atoms with E-state index in [0.29, 0.717) is 17.3 Å². The Morgan fingerprint density at radius 2 is 1.83 bits per heavy atom. The van der Waals surface area contributed by atoms with Crippen molar-refractivity contribution in [3.8, 4) is 17.2 Å². The normalized spacial score (nSPS) is 11.4. The number of methoxy groups -OCH3 is 1. The standard InChI is InChI=1S/C22H25N3O3S/c1-12-9-15-18(10-13(12)2)28-19(23-15)14-7-8-17(27-6)16(11-14)24-21(29)25-20(26)22(3,4)5/h7-11H,1-6H3,(H2,24,25,26,29). The average Bonchev–Trinajstić information content (AvgIpc) is 3.03. The van der Waals surface area contributed by atoms with Gasteiger partial charge < -0.3 is 19.8 Å². The first-order valence-electron chi connectivity index (χ1n) is 9.27. The highest BCUT2D eigenvalue weighted by Crippen LogP contribution is 2.32. The van der Waals surface area contributed by atoms with Crippen molar-refractivity contribution in [2.24, 2.45) is 5.41 Å². The third-order valence-corrected chi connectivity index (χ3v) is 4.81. The van der Waals surface area contributed by atoms with E-state index in [1.54, 1.807) is 13.2 Å². The fourth-order valence-corrected chi connectivity index (χ4v) is 2.89. The molecule has 3 rings (SSSR count). The van der Waals surface area contributed by atoms with Gasteiger partial charge in [-0.15, -0.1) is 0 Å². The number of carbonyl (C=O) groups is 1. The van der Waals surface area contributed by atoms with E-state index in [2.05, 4.69) is 15.6 Å². The molecule has 1 amide bonds. The second-order valence-corrected chi connectivity index (χ2v) is 8.40. The Hall–Kier alpha value is -2.93. The number of amides is 1. The van der Waals surface area contributed by atoms with E-state index in [4.69, 9.17) is 21.4 Å². The van der Waals surface area contributed by atoms with Crippen molar-refractivity contribution in [1.29, 1.82) is 0 Å². The minimum Gasteiger partial charge on any atom is -0.495 e. The molecule has 7 heteroatoms. The Labute approximate surface area is 175 Å². The van der Waals surface area contributed by atoms with Gasteiger partial charge in [-0.05, 0) is 67.5 Å². The van der Waals surface area contributed by atoms with Gasteiger partial charge in [0, 0.05) is 11.0 Å². The van der Waals surface area contributed by atoms with Crippen molar-refractivity contribution >= 4 is 40.0 Å². The molecule has 0 bridgehead atoms. The van der Waals surface area contributed by atoms with Gasteiger partial charge in [0.1, 0.15) is 11.3 Å². The van der Waals surface area contributed by atoms with E-state index in [0.717, 1.165) is 27.8 Å². The molecule has 0 fully saturated rings. The van der Waals surface area contributed by atoms with Gasteiger partial charge in [0.25, 0.3) is 0 Å². The summed E-state index contributed by atoms with van der Waals surface area (Å²) in [5.74, 6) is 0.916. The molecular weight excluding hydrogens is 386 g/mol. The van der Waals surface area contributed by atoms with Crippen LogP contribution in [0.15, 0.2) is 34.7 Å². The van der Waals surface area contributed by atoms with Crippen molar-refractivity contribution in [2.45, 2.75) is 34.6 Å². The molecule has 29 heavy (non-hydrogen) atoms. The predicted molar refractivity (Wildman–Crippen MR) is 119 cm³/mol. The number of anilines is 1. The highest BCUT2D eigenvalue weighted by Gasteiger charge is 2.22. The van der Waals surface area contributed by atoms with Crippen LogP contribution in [-0.4, -0.2) is 23.1 Å². The number of fused-ring (bicyclic) bond motifs is 1. The van der Waals surface area contributed by atoms with Crippen molar-refractivity contribution in [3.05, 3.63) is 41.5 Å². The number of carbonyl (C=O) groups excluding carboxylic acids is 1. The average molecular weight is 412 g/mol. The van der Waals surface area contributed by atoms with Crippen molar-refractivity contribution < 1.29 is 13.9 Å². The maximum atomic E-state index is 12.2. The Balaban J connectivity index is 1.91. The molecule has 1 aromatic heterocycles. The summed E-state index contributed by atoms with van der Waals surface area (Å²) in [5, 5.41) is 5.93. The minimum atomic E-state index is -0.549. The van der Waals surface area contributed by atoms with Crippen LogP contribution in [0, 0.1) is 19.3 Å². The van der Waals surface area contributed by atoms with E-state index in [-0.39, 0.29) is 11.0 Å². The summed E-state index contributed by atoms with van der Waals surface area (Å²) in [7, 11) is 1.57. The lowest BCUT2D eigenvalue weighted by atomic mass is 9.96. The molecule has 0 unspecified atom stereocenters. The summed E-state index contributed by atoms with van der Waals surface area (Å²) < 4.78 is 11.4. The zero-order valence-corrected chi connectivity index (χ0v) is 18.3. The molecule has 152 valence electrons. The Morgan fingerprint density at radius 3 is 2.48 bits per heavy atom. The molecule has 1 heterocycles. The zero-order valence-electron chi connectivity index (χ0n) is 17.5. The summed E-state index contributed by atoms with van der Waals surface area (Å²) in [6.07, 6.45) is 0. The highest BCUT2D eigenvalue weighted by atomic mass is 32.1. The van der Waals surface area contributed by atoms with Crippen LogP contribution in [0.5, 0.6) is 5.75 Å². The number of benzene rings is 2. The molecule has 0 saturated heterocycles. The third-order valence-electron chi connectivity index (χ3n) is 4.61. The Kier molecular flexibility index (Phi) is 5.61. The molecule has 2 N–H and O–H groups in total. The second kappa shape index (κ2) is 7.83. The van der Waals surface area contributed by atoms with Gasteiger partial charge in [-0.25, -0.2) is 4.98 Å². The molecule has 0 aliphatic carbocycles. The second-order valence-electron chi connectivity index (χ2n) is 8.00. The topological polar surface area (TPSA) is 76.4 Å². The molecular formula is C22H25N3O3S. The van der Waals surface area contributed by atoms with E-state index in [1.807, 2.05) is 58.9 Å². The Bertz CT molecular complexity index is 1060. The minimum absolute atomic E-state index is 0.171. The summed E-state index contributed by atoms with van der Waals surface area (Å²) in [5.41, 5.74) is 4.68. The lowest BCUT2D eigenvalue weighted by molar-refractivity contribution is -0.126. The molecule has 2 aromatic carbocycles. The zero-order chi connectivity index (χ0) is 21.3. The monoisotopic (exact) mass is 411 g/mol. The molecule has 0 atom stereocenters. The van der Waals surface area contributed by atoms with Crippen LogP contribution >= 0.6 is 12.2 Å². The number of aryl methyl sites for hydroxylation is 2. The smallest absolute Gasteiger partial charge is 0.231 e. The number of thiocarbonyl (C=S) groups is 1. The van der Waals surface area contributed by atoms with E-state index >= 15 is 0 Å². The number of ether oxygens (including phenoxy) is 1. The fourth-order valence-electron chi connectivity index (χ4n) is 2.69. The number of nitrogens with zero attached hydrogens (tertiary/aromatic N) is 1. The first-order valence-corrected chi connectivity index (χ1v) is 9.68. The van der Waals surface area contributed by atoms with Gasteiger partial charge in [-0.2, -0.15) is 0 Å². The third kappa shape index (κ3) is 4.56. The number of oxazole rings is 1. The Morgan fingerprint density at radius 1 is 1.14 bits per heavy atom. The fraction of sp³-hybridized carbons (Fsp3) is 0.318. The highest BCUT2D eigenvalue weighted by molar-refractivity contribution is 7.80. The number of hydrogen-bond acceptors (Lipinski definition) is 5. The summed E-state index contributed by atoms with van der Waals surface area (Å²) in [6.45, 7) is 9.55. The maximum Gasteiger partial charge on any atom is 0.231 e. The van der Waals surface area contributed by atoms with Crippen LogP contribution in [0.2, 0.25) is 0 Å². The number of aromatic nitrogens is 1. The van der Waals surface area contributed by atoms with E-state index < -0.39 is 5.41 Å². The molecule has 0 spiro atoms. The van der Waals surface area contributed by atoms with Gasteiger partial charge >= 0.3 is 0 Å². The van der Waals surface area contributed by atoms with E-state index in [9.17, 15) is 4.79 Å². The van der Waals surface area contributed by atoms with Crippen LogP contribution < -0.4 is 15.4 Å². The van der Waals surface area contributed by atoms with Gasteiger partial charge in [0.05, 0.1) is 12.8 Å². The first kappa shape index (κ1) is 20.8. The maximum absolute atomic E-state index is 12.2. The van der Waals surface area contributed by atoms with Crippen molar-refractivity contribution in [3.63, 3.8) is 0 Å². The van der Waals surface area contributed by atoms with Crippen LogP contribution in [-0.2, 0) is 4.79 Å². The largest absolute Gasteiger partial charge is 0.495 e. The first-order chi connectivity index (χ1) is 13.6. The van der Waals surface area contributed by atoms with Gasteiger partial charge in [0.2, 0.25) is 11.8 Å². The van der Waals surface area contributed by atoms with Gasteiger partial charge in [0.15, 0.2) is 10.7 Å². The number of nitrogens with one attached hydrogen (secondary N) is 2. The quantitative estimate of drug-likeness (QED) is 0.592. The molecule has 0 radical (unpaired) electrons. The summed E-state index contributed by atoms with van der Waals surface area (Å²) in [4.78, 5) is 16.8. The molecule has 0 aliphatic heterocycles. The van der Waals surface area contributed by atoms with Gasteiger partial charge in [-0.3, -0.25) is 4.79 Å². The van der Waals surface area contributed by atoms with Crippen LogP contribution in [0.4, 0.5) is 5.69 Å². The molecule has 6 nitrogen and oxygen atoms in total. The SMILES string of the molecule is COc1ccc(-c2nc3cc(C)c(C)cc3o2)cc1NC(=S)NC(=O)C(C)(C)C. The summed E-state index contributed by atoms with van der Waals surface area (Å²) >= 11 is 5.29. The number of hydrogen-bond donors (Lipinski definition) is 2. The summed E-state index contributed by atoms with van der Waals surface area (Å²) in [6, 6.07) is 9.50. The van der Waals surface area contributed by atoms with Crippen LogP contribution in [0.3, 0.4) is 0 Å². The molecule has 0 saturated carbocycles. The van der Waals surface area contributed by atoms with E-state index in [1.165, 1.54) is 0 Å². The van der Waals surface area contributed by atoms with Crippen LogP contribution in [0.25, 0.3) is 22.6 Å². The van der Waals surface area contributed by atoms with Crippen molar-refractivity contribution in [2.75, 3.05) is 12.4 Å². The lowest BCUT2D eigenvalue weighted by Crippen LogP contribution is -2.41. The van der Waals surface area contributed by atoms with Gasteiger partial charge in [-0.1, -0.05) is 20.8 Å². The van der Waals surface area contributed by atoms with Crippen LogP contribution in [0.1, 0.15) is 31.9 Å². The number of rotatable bonds is 3. The molecule has 3 aromatic rings. The van der Waals surface area contributed by atoms with Crippen molar-refractivity contribution in [1.82, 2.24) is 10.3 Å². The lowest BCUT2D eigenvalue weighted by Gasteiger charge is -2.19. The predicted octanol–water partition coefficient (Wildman–Crippen LogP) is 4.98.